The minimum atomic E-state index is -3.70. The zero-order valence-electron chi connectivity index (χ0n) is 9.73. The van der Waals surface area contributed by atoms with Crippen molar-refractivity contribution in [2.75, 3.05) is 6.54 Å². The maximum atomic E-state index is 11.8. The number of rotatable bonds is 5. The van der Waals surface area contributed by atoms with Gasteiger partial charge in [0.15, 0.2) is 0 Å². The molecule has 17 heavy (non-hydrogen) atoms. The molecule has 0 aliphatic heterocycles. The number of pyridine rings is 1. The first-order chi connectivity index (χ1) is 7.77. The van der Waals surface area contributed by atoms with E-state index in [9.17, 15) is 18.3 Å². The molecule has 7 heteroatoms. The van der Waals surface area contributed by atoms with Crippen molar-refractivity contribution in [3.63, 3.8) is 0 Å². The standard InChI is InChI=1S/C10H16N2O4S/c1-3-10(2,14)7-12-17(15,16)8-4-5-9(13)11-6-8/h4-6,12,14H,3,7H2,1-2H3,(H,11,13). The summed E-state index contributed by atoms with van der Waals surface area (Å²) >= 11 is 0. The van der Waals surface area contributed by atoms with E-state index in [0.717, 1.165) is 12.3 Å². The van der Waals surface area contributed by atoms with Crippen LogP contribution in [0.4, 0.5) is 0 Å². The van der Waals surface area contributed by atoms with E-state index in [1.54, 1.807) is 13.8 Å². The number of aromatic amines is 1. The van der Waals surface area contributed by atoms with Crippen molar-refractivity contribution in [1.29, 1.82) is 0 Å². The summed E-state index contributed by atoms with van der Waals surface area (Å²) in [4.78, 5) is 13.0. The van der Waals surface area contributed by atoms with Crippen molar-refractivity contribution in [3.05, 3.63) is 28.7 Å². The lowest BCUT2D eigenvalue weighted by molar-refractivity contribution is 0.0613. The molecule has 0 saturated heterocycles. The quantitative estimate of drug-likeness (QED) is 0.683. The van der Waals surface area contributed by atoms with E-state index in [2.05, 4.69) is 9.71 Å². The predicted octanol–water partition coefficient (Wildman–Crippen LogP) is -0.186. The highest BCUT2D eigenvalue weighted by molar-refractivity contribution is 7.89. The van der Waals surface area contributed by atoms with E-state index in [4.69, 9.17) is 0 Å². The highest BCUT2D eigenvalue weighted by atomic mass is 32.2. The number of aromatic nitrogens is 1. The minimum Gasteiger partial charge on any atom is -0.389 e. The molecular weight excluding hydrogens is 244 g/mol. The molecule has 0 aliphatic rings. The van der Waals surface area contributed by atoms with Gasteiger partial charge in [0.25, 0.3) is 0 Å². The van der Waals surface area contributed by atoms with Gasteiger partial charge in [0.05, 0.1) is 10.5 Å². The van der Waals surface area contributed by atoms with Crippen LogP contribution in [0.5, 0.6) is 0 Å². The molecule has 1 heterocycles. The molecule has 3 N–H and O–H groups in total. The Labute approximate surface area is 99.7 Å². The molecule has 1 unspecified atom stereocenters. The highest BCUT2D eigenvalue weighted by Gasteiger charge is 2.22. The van der Waals surface area contributed by atoms with Gasteiger partial charge >= 0.3 is 0 Å². The number of hydrogen-bond acceptors (Lipinski definition) is 4. The van der Waals surface area contributed by atoms with E-state index in [0.29, 0.717) is 6.42 Å². The summed E-state index contributed by atoms with van der Waals surface area (Å²) in [7, 11) is -3.70. The summed E-state index contributed by atoms with van der Waals surface area (Å²) in [6, 6.07) is 2.34. The number of nitrogens with one attached hydrogen (secondary N) is 2. The molecule has 1 aromatic rings. The van der Waals surface area contributed by atoms with Gasteiger partial charge in [-0.2, -0.15) is 0 Å². The van der Waals surface area contributed by atoms with E-state index >= 15 is 0 Å². The van der Waals surface area contributed by atoms with Crippen molar-refractivity contribution in [3.8, 4) is 0 Å². The SMILES string of the molecule is CCC(C)(O)CNS(=O)(=O)c1ccc(=O)[nH]c1. The Morgan fingerprint density at radius 1 is 1.47 bits per heavy atom. The van der Waals surface area contributed by atoms with Crippen LogP contribution in [0.3, 0.4) is 0 Å². The first-order valence-electron chi connectivity index (χ1n) is 5.18. The van der Waals surface area contributed by atoms with Gasteiger partial charge in [-0.1, -0.05) is 6.92 Å². The average molecular weight is 260 g/mol. The second-order valence-electron chi connectivity index (χ2n) is 4.06. The summed E-state index contributed by atoms with van der Waals surface area (Å²) in [5.41, 5.74) is -1.46. The lowest BCUT2D eigenvalue weighted by Crippen LogP contribution is -2.40. The molecule has 0 radical (unpaired) electrons. The van der Waals surface area contributed by atoms with Crippen LogP contribution in [0.15, 0.2) is 28.0 Å². The third-order valence-corrected chi connectivity index (χ3v) is 3.87. The maximum Gasteiger partial charge on any atom is 0.247 e. The molecular formula is C10H16N2O4S. The fourth-order valence-corrected chi connectivity index (χ4v) is 2.15. The van der Waals surface area contributed by atoms with Crippen molar-refractivity contribution >= 4 is 10.0 Å². The lowest BCUT2D eigenvalue weighted by Gasteiger charge is -2.21. The Hall–Kier alpha value is -1.18. The smallest absolute Gasteiger partial charge is 0.247 e. The molecule has 0 aromatic carbocycles. The number of hydrogen-bond donors (Lipinski definition) is 3. The molecule has 96 valence electrons. The van der Waals surface area contributed by atoms with Gasteiger partial charge in [-0.25, -0.2) is 13.1 Å². The van der Waals surface area contributed by atoms with Crippen LogP contribution in [-0.2, 0) is 10.0 Å². The summed E-state index contributed by atoms with van der Waals surface area (Å²) in [6.07, 6.45) is 1.55. The van der Waals surface area contributed by atoms with Gasteiger partial charge in [-0.05, 0) is 19.4 Å². The Morgan fingerprint density at radius 2 is 2.12 bits per heavy atom. The summed E-state index contributed by atoms with van der Waals surface area (Å²) < 4.78 is 25.8. The molecule has 0 spiro atoms. The van der Waals surface area contributed by atoms with Gasteiger partial charge < -0.3 is 10.1 Å². The Balaban J connectivity index is 2.83. The third kappa shape index (κ3) is 3.95. The largest absolute Gasteiger partial charge is 0.389 e. The first kappa shape index (κ1) is 13.9. The molecule has 0 amide bonds. The lowest BCUT2D eigenvalue weighted by atomic mass is 10.1. The molecule has 0 saturated carbocycles. The predicted molar refractivity (Wildman–Crippen MR) is 63.2 cm³/mol. The molecule has 0 fully saturated rings. The van der Waals surface area contributed by atoms with Gasteiger partial charge in [0.1, 0.15) is 0 Å². The summed E-state index contributed by atoms with van der Waals surface area (Å²) in [5.74, 6) is 0. The summed E-state index contributed by atoms with van der Waals surface area (Å²) in [6.45, 7) is 3.22. The van der Waals surface area contributed by atoms with Crippen molar-refractivity contribution in [2.45, 2.75) is 30.8 Å². The average Bonchev–Trinajstić information content (AvgIpc) is 2.27. The Morgan fingerprint density at radius 3 is 2.59 bits per heavy atom. The minimum absolute atomic E-state index is 0.0380. The fourth-order valence-electron chi connectivity index (χ4n) is 1.02. The van der Waals surface area contributed by atoms with Crippen LogP contribution in [-0.4, -0.2) is 30.7 Å². The highest BCUT2D eigenvalue weighted by Crippen LogP contribution is 2.09. The van der Waals surface area contributed by atoms with E-state index in [-0.39, 0.29) is 17.0 Å². The Bertz CT molecular complexity index is 513. The van der Waals surface area contributed by atoms with E-state index in [1.807, 2.05) is 0 Å². The number of sulfonamides is 1. The normalized spacial score (nSPS) is 15.5. The zero-order chi connectivity index (χ0) is 13.1. The van der Waals surface area contributed by atoms with Gasteiger partial charge in [0, 0.05) is 18.8 Å². The number of aliphatic hydroxyl groups is 1. The van der Waals surface area contributed by atoms with Crippen LogP contribution >= 0.6 is 0 Å². The fraction of sp³-hybridized carbons (Fsp3) is 0.500. The van der Waals surface area contributed by atoms with Crippen LogP contribution in [0.2, 0.25) is 0 Å². The van der Waals surface area contributed by atoms with Gasteiger partial charge in [0.2, 0.25) is 15.6 Å². The molecule has 0 bridgehead atoms. The van der Waals surface area contributed by atoms with Gasteiger partial charge in [-0.15, -0.1) is 0 Å². The first-order valence-corrected chi connectivity index (χ1v) is 6.66. The zero-order valence-corrected chi connectivity index (χ0v) is 10.5. The van der Waals surface area contributed by atoms with Crippen LogP contribution in [0.1, 0.15) is 20.3 Å². The van der Waals surface area contributed by atoms with Crippen molar-refractivity contribution in [1.82, 2.24) is 9.71 Å². The topological polar surface area (TPSA) is 99.3 Å². The molecule has 6 nitrogen and oxygen atoms in total. The van der Waals surface area contributed by atoms with Crippen molar-refractivity contribution in [2.24, 2.45) is 0 Å². The monoisotopic (exact) mass is 260 g/mol. The molecule has 0 aliphatic carbocycles. The van der Waals surface area contributed by atoms with E-state index in [1.165, 1.54) is 6.07 Å². The second-order valence-corrected chi connectivity index (χ2v) is 5.83. The number of H-pyrrole nitrogens is 1. The molecule has 1 rings (SSSR count). The van der Waals surface area contributed by atoms with Crippen LogP contribution in [0.25, 0.3) is 0 Å². The van der Waals surface area contributed by atoms with Crippen LogP contribution in [0, 0.1) is 0 Å². The molecule has 1 aromatic heterocycles. The van der Waals surface area contributed by atoms with E-state index < -0.39 is 15.6 Å². The third-order valence-electron chi connectivity index (χ3n) is 2.47. The maximum absolute atomic E-state index is 11.8. The second kappa shape index (κ2) is 4.99. The Kier molecular flexibility index (Phi) is 4.07. The van der Waals surface area contributed by atoms with Gasteiger partial charge in [-0.3, -0.25) is 4.79 Å². The summed E-state index contributed by atoms with van der Waals surface area (Å²) in [5, 5.41) is 9.69. The van der Waals surface area contributed by atoms with Crippen molar-refractivity contribution < 1.29 is 13.5 Å². The molecule has 1 atom stereocenters. The van der Waals surface area contributed by atoms with Crippen LogP contribution < -0.4 is 10.3 Å².